The van der Waals surface area contributed by atoms with Gasteiger partial charge >= 0.3 is 5.97 Å². The van der Waals surface area contributed by atoms with Gasteiger partial charge in [-0.05, 0) is 37.0 Å². The first-order valence-electron chi connectivity index (χ1n) is 14.1. The molecule has 0 bridgehead atoms. The molecule has 0 aromatic heterocycles. The third kappa shape index (κ3) is 15.3. The molecule has 16 heteroatoms. The Hall–Kier alpha value is -5.02. The van der Waals surface area contributed by atoms with E-state index in [1.165, 1.54) is 6.92 Å². The number of carboxylic acid groups (broad SMARTS) is 1. The summed E-state index contributed by atoms with van der Waals surface area (Å²) in [6, 6.07) is 4.47. The highest BCUT2D eigenvalue weighted by molar-refractivity contribution is 6.55. The second kappa shape index (κ2) is 19.3. The van der Waals surface area contributed by atoms with Gasteiger partial charge in [-0.25, -0.2) is 0 Å². The zero-order valence-electron chi connectivity index (χ0n) is 25.6. The number of carbonyl (C=O) groups excluding carboxylic acids is 7. The largest absolute Gasteiger partial charge is 0.481 e. The van der Waals surface area contributed by atoms with Gasteiger partial charge in [-0.15, -0.1) is 0 Å². The van der Waals surface area contributed by atoms with Crippen LogP contribution in [0, 0.1) is 5.92 Å². The van der Waals surface area contributed by atoms with Crippen LogP contribution in [0.3, 0.4) is 0 Å². The van der Waals surface area contributed by atoms with Gasteiger partial charge in [0.2, 0.25) is 37.3 Å². The first-order chi connectivity index (χ1) is 21.1. The van der Waals surface area contributed by atoms with Crippen LogP contribution in [0.4, 0.5) is 10.5 Å². The topological polar surface area (TPSA) is 217 Å². The Morgan fingerprint density at radius 3 is 2.00 bits per heavy atom. The number of rotatable bonds is 15. The van der Waals surface area contributed by atoms with Crippen molar-refractivity contribution in [2.75, 3.05) is 18.4 Å². The fourth-order valence-electron chi connectivity index (χ4n) is 3.58. The number of hydrogen-bond acceptors (Lipinski definition) is 9. The maximum Gasteiger partial charge on any atom is 0.303 e. The normalized spacial score (nSPS) is 13.2. The maximum atomic E-state index is 12.8. The lowest BCUT2D eigenvalue weighted by atomic mass is 10.0. The highest BCUT2D eigenvalue weighted by Crippen LogP contribution is 2.11. The van der Waals surface area contributed by atoms with Crippen molar-refractivity contribution >= 4 is 60.8 Å². The number of nitrogens with zero attached hydrogens (tertiary/aromatic N) is 1. The van der Waals surface area contributed by atoms with Gasteiger partial charge in [-0.1, -0.05) is 32.9 Å². The first-order valence-corrected chi connectivity index (χ1v) is 14.1. The summed E-state index contributed by atoms with van der Waals surface area (Å²) in [6.45, 7) is 6.25. The number of imide groups is 1. The van der Waals surface area contributed by atoms with E-state index in [2.05, 4.69) is 26.0 Å². The summed E-state index contributed by atoms with van der Waals surface area (Å²) in [6.07, 6.45) is 2.56. The molecule has 0 spiro atoms. The number of carboxylic acids is 1. The highest BCUT2D eigenvalue weighted by Gasteiger charge is 2.27. The lowest BCUT2D eigenvalue weighted by molar-refractivity contribution is -0.138. The minimum absolute atomic E-state index is 0.0106. The van der Waals surface area contributed by atoms with Gasteiger partial charge in [0.15, 0.2) is 0 Å². The van der Waals surface area contributed by atoms with Crippen molar-refractivity contribution in [1.29, 1.82) is 0 Å². The molecule has 0 saturated carbocycles. The summed E-state index contributed by atoms with van der Waals surface area (Å²) in [5, 5.41) is 17.9. The van der Waals surface area contributed by atoms with E-state index in [4.69, 9.17) is 13.0 Å². The van der Waals surface area contributed by atoms with Crippen molar-refractivity contribution in [2.24, 2.45) is 5.92 Å². The summed E-state index contributed by atoms with van der Waals surface area (Å²) in [7, 11) is 4.92. The molecule has 1 aromatic rings. The standard InChI is InChI=1S/C26H32BN5O8.C3H6O2/c1-15(2)12-19(31-20(33)10-11-32-22(35)8-9-23(32)36)25(38)29-16(3)24(37)28-13-21(34)30-18-6-4-17(5-7-18)14-40-26(27)39;1-2-3(4)5/h4-9,15-16,19H,10-14H2,1-3H3,(H,28,37)(H,29,38)(H,30,34)(H,31,33);2H2,1H3,(H,4,5). The molecule has 2 radical (unpaired) electrons. The Balaban J connectivity index is 0.00000187. The number of benzene rings is 1. The quantitative estimate of drug-likeness (QED) is 0.133. The van der Waals surface area contributed by atoms with Crippen LogP contribution in [0.5, 0.6) is 0 Å². The number of hydrogen-bond donors (Lipinski definition) is 5. The van der Waals surface area contributed by atoms with E-state index in [-0.39, 0.29) is 44.9 Å². The van der Waals surface area contributed by atoms with Crippen LogP contribution in [-0.4, -0.2) is 90.3 Å². The summed E-state index contributed by atoms with van der Waals surface area (Å²) in [4.78, 5) is 94.2. The van der Waals surface area contributed by atoms with Crippen molar-refractivity contribution < 1.29 is 48.2 Å². The van der Waals surface area contributed by atoms with Crippen molar-refractivity contribution in [3.63, 3.8) is 0 Å². The zero-order valence-corrected chi connectivity index (χ0v) is 25.6. The van der Waals surface area contributed by atoms with Crippen molar-refractivity contribution in [3.05, 3.63) is 42.0 Å². The Bertz CT molecular complexity index is 1260. The minimum Gasteiger partial charge on any atom is -0.481 e. The Morgan fingerprint density at radius 2 is 1.49 bits per heavy atom. The minimum atomic E-state index is -1.01. The second-order valence-electron chi connectivity index (χ2n) is 10.2. The number of nitrogens with one attached hydrogen (secondary N) is 4. The van der Waals surface area contributed by atoms with Gasteiger partial charge < -0.3 is 31.1 Å². The van der Waals surface area contributed by atoms with E-state index in [0.717, 1.165) is 17.1 Å². The van der Waals surface area contributed by atoms with Crippen molar-refractivity contribution in [3.8, 4) is 0 Å². The Labute approximate surface area is 261 Å². The van der Waals surface area contributed by atoms with Crippen LogP contribution in [0.1, 0.15) is 52.5 Å². The molecule has 45 heavy (non-hydrogen) atoms. The monoisotopic (exact) mass is 627 g/mol. The molecule has 2 unspecified atom stereocenters. The summed E-state index contributed by atoms with van der Waals surface area (Å²) in [5.74, 6) is -4.88. The third-order valence-electron chi connectivity index (χ3n) is 5.92. The Morgan fingerprint density at radius 1 is 0.911 bits per heavy atom. The average molecular weight is 627 g/mol. The zero-order chi connectivity index (χ0) is 34.1. The lowest BCUT2D eigenvalue weighted by Crippen LogP contribution is -2.53. The molecule has 15 nitrogen and oxygen atoms in total. The predicted octanol–water partition coefficient (Wildman–Crippen LogP) is 0.378. The van der Waals surface area contributed by atoms with E-state index in [1.54, 1.807) is 31.2 Å². The molecule has 1 heterocycles. The number of carbonyl (C=O) groups is 8. The van der Waals surface area contributed by atoms with Crippen LogP contribution in [0.15, 0.2) is 36.4 Å². The predicted molar refractivity (Wildman–Crippen MR) is 161 cm³/mol. The van der Waals surface area contributed by atoms with Crippen molar-refractivity contribution in [2.45, 2.75) is 65.6 Å². The van der Waals surface area contributed by atoms with Crippen molar-refractivity contribution in [1.82, 2.24) is 20.9 Å². The molecule has 2 rings (SSSR count). The molecule has 1 aliphatic heterocycles. The SMILES string of the molecule is CCC(=O)O.[B]C(=O)OCc1ccc(NC(=O)CNC(=O)C(C)NC(=O)C(CC(C)C)NC(=O)CCN2C(=O)C=CC2=O)cc1. The fraction of sp³-hybridized carbons (Fsp3) is 0.448. The van der Waals surface area contributed by atoms with Crippen LogP contribution in [-0.2, 0) is 44.9 Å². The summed E-state index contributed by atoms with van der Waals surface area (Å²) >= 11 is 0. The molecule has 0 aliphatic carbocycles. The summed E-state index contributed by atoms with van der Waals surface area (Å²) < 4.78 is 4.68. The fourth-order valence-corrected chi connectivity index (χ4v) is 3.58. The number of ether oxygens (including phenoxy) is 1. The second-order valence-corrected chi connectivity index (χ2v) is 10.2. The van der Waals surface area contributed by atoms with Gasteiger partial charge in [0.05, 0.1) is 6.54 Å². The van der Waals surface area contributed by atoms with Gasteiger partial charge in [0.25, 0.3) is 11.8 Å². The molecular formula is C29H38BN5O10. The van der Waals surface area contributed by atoms with E-state index in [9.17, 15) is 38.4 Å². The molecule has 5 N–H and O–H groups in total. The van der Waals surface area contributed by atoms with E-state index in [0.29, 0.717) is 11.3 Å². The molecule has 1 aromatic carbocycles. The summed E-state index contributed by atoms with van der Waals surface area (Å²) in [5.41, 5.74) is 1.11. The molecule has 242 valence electrons. The maximum absolute atomic E-state index is 12.8. The smallest absolute Gasteiger partial charge is 0.303 e. The molecule has 0 fully saturated rings. The van der Waals surface area contributed by atoms with Gasteiger partial charge in [-0.3, -0.25) is 43.3 Å². The number of aliphatic carboxylic acids is 1. The van der Waals surface area contributed by atoms with Gasteiger partial charge in [0, 0.05) is 37.2 Å². The van der Waals surface area contributed by atoms with E-state index >= 15 is 0 Å². The van der Waals surface area contributed by atoms with E-state index in [1.807, 2.05) is 13.8 Å². The third-order valence-corrected chi connectivity index (χ3v) is 5.92. The van der Waals surface area contributed by atoms with Crippen LogP contribution < -0.4 is 21.3 Å². The average Bonchev–Trinajstić information content (AvgIpc) is 3.30. The molecule has 1 aliphatic rings. The van der Waals surface area contributed by atoms with Crippen LogP contribution in [0.25, 0.3) is 0 Å². The highest BCUT2D eigenvalue weighted by atomic mass is 16.5. The van der Waals surface area contributed by atoms with Crippen LogP contribution in [0.2, 0.25) is 0 Å². The molecule has 0 saturated heterocycles. The van der Waals surface area contributed by atoms with Gasteiger partial charge in [0.1, 0.15) is 18.7 Å². The molecule has 6 amide bonds. The Kier molecular flexibility index (Phi) is 16.3. The van der Waals surface area contributed by atoms with E-state index < -0.39 is 59.4 Å². The molecular weight excluding hydrogens is 589 g/mol. The van der Waals surface area contributed by atoms with Crippen LogP contribution >= 0.6 is 0 Å². The van der Waals surface area contributed by atoms with Gasteiger partial charge in [-0.2, -0.15) is 0 Å². The number of amides is 6. The first kappa shape index (κ1) is 38.0. The lowest BCUT2D eigenvalue weighted by Gasteiger charge is -2.23. The molecule has 2 atom stereocenters. The number of anilines is 1.